The van der Waals surface area contributed by atoms with Crippen LogP contribution in [0.1, 0.15) is 47.2 Å². The standard InChI is InChI=1S/C18H19N3O5/c1-18(2,3)26-16(23)10-5-6-12(13(22)7-10)21-9-11(8-19)14(20)15(21)17(24)25-4/h5-7,9,22H,20H2,1-4H3. The fraction of sp³-hybridized carbons (Fsp3) is 0.278. The molecule has 26 heavy (non-hydrogen) atoms. The van der Waals surface area contributed by atoms with Crippen molar-refractivity contribution in [3.8, 4) is 17.5 Å². The van der Waals surface area contributed by atoms with Crippen LogP contribution in [0.3, 0.4) is 0 Å². The summed E-state index contributed by atoms with van der Waals surface area (Å²) in [5, 5.41) is 19.5. The summed E-state index contributed by atoms with van der Waals surface area (Å²) in [4.78, 5) is 24.1. The number of phenolic OH excluding ortho intramolecular Hbond substituents is 1. The number of nitrogens with two attached hydrogens (primary N) is 1. The van der Waals surface area contributed by atoms with E-state index in [0.29, 0.717) is 0 Å². The Bertz CT molecular complexity index is 916. The van der Waals surface area contributed by atoms with Gasteiger partial charge in [-0.3, -0.25) is 0 Å². The number of phenols is 1. The predicted molar refractivity (Wildman–Crippen MR) is 93.1 cm³/mol. The van der Waals surface area contributed by atoms with Gasteiger partial charge in [-0.1, -0.05) is 0 Å². The molecule has 0 aliphatic rings. The highest BCUT2D eigenvalue weighted by molar-refractivity contribution is 5.96. The number of nitrogen functional groups attached to an aromatic ring is 1. The third kappa shape index (κ3) is 3.62. The molecule has 1 aromatic heterocycles. The van der Waals surface area contributed by atoms with Crippen LogP contribution in [0, 0.1) is 11.3 Å². The second-order valence-corrected chi connectivity index (χ2v) is 6.48. The van der Waals surface area contributed by atoms with Gasteiger partial charge in [0.15, 0.2) is 5.69 Å². The fourth-order valence-corrected chi connectivity index (χ4v) is 2.30. The van der Waals surface area contributed by atoms with Gasteiger partial charge in [-0.25, -0.2) is 9.59 Å². The molecular weight excluding hydrogens is 338 g/mol. The molecule has 1 aromatic carbocycles. The molecule has 0 aliphatic carbocycles. The molecule has 0 saturated carbocycles. The van der Waals surface area contributed by atoms with E-state index in [1.54, 1.807) is 20.8 Å². The zero-order valence-electron chi connectivity index (χ0n) is 14.9. The number of anilines is 1. The molecule has 0 aliphatic heterocycles. The van der Waals surface area contributed by atoms with E-state index >= 15 is 0 Å². The van der Waals surface area contributed by atoms with E-state index < -0.39 is 17.5 Å². The molecule has 136 valence electrons. The first-order valence-corrected chi connectivity index (χ1v) is 7.65. The van der Waals surface area contributed by atoms with Gasteiger partial charge in [0.2, 0.25) is 0 Å². The summed E-state index contributed by atoms with van der Waals surface area (Å²) in [6.07, 6.45) is 1.31. The lowest BCUT2D eigenvalue weighted by molar-refractivity contribution is 0.00689. The Morgan fingerprint density at radius 2 is 1.92 bits per heavy atom. The van der Waals surface area contributed by atoms with Crippen molar-refractivity contribution in [2.24, 2.45) is 0 Å². The molecule has 0 radical (unpaired) electrons. The summed E-state index contributed by atoms with van der Waals surface area (Å²) >= 11 is 0. The molecule has 0 bridgehead atoms. The van der Waals surface area contributed by atoms with Gasteiger partial charge in [-0.05, 0) is 39.0 Å². The SMILES string of the molecule is COC(=O)c1c(N)c(C#N)cn1-c1ccc(C(=O)OC(C)(C)C)cc1O. The van der Waals surface area contributed by atoms with Crippen LogP contribution < -0.4 is 5.73 Å². The van der Waals surface area contributed by atoms with Crippen molar-refractivity contribution in [1.82, 2.24) is 4.57 Å². The lowest BCUT2D eigenvalue weighted by Gasteiger charge is -2.19. The monoisotopic (exact) mass is 357 g/mol. The number of methoxy groups -OCH3 is 1. The average Bonchev–Trinajstić information content (AvgIpc) is 2.88. The number of nitrogens with zero attached hydrogens (tertiary/aromatic N) is 2. The van der Waals surface area contributed by atoms with Crippen LogP contribution in [0.5, 0.6) is 5.75 Å². The molecule has 0 unspecified atom stereocenters. The van der Waals surface area contributed by atoms with E-state index in [9.17, 15) is 14.7 Å². The van der Waals surface area contributed by atoms with Crippen LogP contribution >= 0.6 is 0 Å². The van der Waals surface area contributed by atoms with E-state index in [2.05, 4.69) is 4.74 Å². The summed E-state index contributed by atoms with van der Waals surface area (Å²) in [7, 11) is 1.18. The van der Waals surface area contributed by atoms with Gasteiger partial charge in [0.1, 0.15) is 17.4 Å². The Morgan fingerprint density at radius 3 is 2.42 bits per heavy atom. The van der Waals surface area contributed by atoms with Gasteiger partial charge in [-0.15, -0.1) is 0 Å². The van der Waals surface area contributed by atoms with E-state index in [-0.39, 0.29) is 33.9 Å². The molecule has 0 spiro atoms. The minimum Gasteiger partial charge on any atom is -0.506 e. The Labute approximate surface area is 150 Å². The Balaban J connectivity index is 2.53. The highest BCUT2D eigenvalue weighted by atomic mass is 16.6. The van der Waals surface area contributed by atoms with Gasteiger partial charge in [0.05, 0.1) is 29.6 Å². The number of carbonyl (C=O) groups excluding carboxylic acids is 2. The maximum Gasteiger partial charge on any atom is 0.357 e. The number of nitriles is 1. The molecule has 1 heterocycles. The first kappa shape index (κ1) is 18.9. The maximum absolute atomic E-state index is 12.1. The van der Waals surface area contributed by atoms with Crippen molar-refractivity contribution in [2.45, 2.75) is 26.4 Å². The van der Waals surface area contributed by atoms with E-state index in [1.807, 2.05) is 6.07 Å². The number of aromatic nitrogens is 1. The lowest BCUT2D eigenvalue weighted by Crippen LogP contribution is -2.23. The quantitative estimate of drug-likeness (QED) is 0.807. The first-order valence-electron chi connectivity index (χ1n) is 7.65. The zero-order chi connectivity index (χ0) is 19.6. The second kappa shape index (κ2) is 6.80. The van der Waals surface area contributed by atoms with Crippen LogP contribution in [0.15, 0.2) is 24.4 Å². The summed E-state index contributed by atoms with van der Waals surface area (Å²) in [5.74, 6) is -1.66. The normalized spacial score (nSPS) is 10.9. The van der Waals surface area contributed by atoms with Crippen molar-refractivity contribution < 1.29 is 24.2 Å². The molecule has 8 heteroatoms. The number of aromatic hydroxyl groups is 1. The molecule has 2 aromatic rings. The minimum atomic E-state index is -0.764. The highest BCUT2D eigenvalue weighted by Gasteiger charge is 2.24. The molecule has 8 nitrogen and oxygen atoms in total. The van der Waals surface area contributed by atoms with Gasteiger partial charge in [0.25, 0.3) is 0 Å². The first-order chi connectivity index (χ1) is 12.1. The summed E-state index contributed by atoms with van der Waals surface area (Å²) in [5.41, 5.74) is 5.35. The number of rotatable bonds is 3. The number of hydrogen-bond acceptors (Lipinski definition) is 7. The van der Waals surface area contributed by atoms with Crippen molar-refractivity contribution in [2.75, 3.05) is 12.8 Å². The Morgan fingerprint density at radius 1 is 1.27 bits per heavy atom. The fourth-order valence-electron chi connectivity index (χ4n) is 2.30. The molecular formula is C18H19N3O5. The molecule has 0 fully saturated rings. The number of carbonyl (C=O) groups is 2. The third-order valence-electron chi connectivity index (χ3n) is 3.41. The van der Waals surface area contributed by atoms with Gasteiger partial charge in [-0.2, -0.15) is 5.26 Å². The van der Waals surface area contributed by atoms with Crippen LogP contribution in [0.4, 0.5) is 5.69 Å². The average molecular weight is 357 g/mol. The summed E-state index contributed by atoms with van der Waals surface area (Å²) in [6, 6.07) is 5.94. The summed E-state index contributed by atoms with van der Waals surface area (Å²) < 4.78 is 11.2. The van der Waals surface area contributed by atoms with Crippen LogP contribution in [-0.2, 0) is 9.47 Å². The molecule has 0 amide bonds. The number of esters is 2. The van der Waals surface area contributed by atoms with Crippen molar-refractivity contribution in [1.29, 1.82) is 5.26 Å². The molecule has 0 atom stereocenters. The van der Waals surface area contributed by atoms with Crippen molar-refractivity contribution in [3.05, 3.63) is 41.2 Å². The highest BCUT2D eigenvalue weighted by Crippen LogP contribution is 2.30. The van der Waals surface area contributed by atoms with E-state index in [1.165, 1.54) is 36.1 Å². The van der Waals surface area contributed by atoms with Crippen LogP contribution in [0.25, 0.3) is 5.69 Å². The number of ether oxygens (including phenoxy) is 2. The summed E-state index contributed by atoms with van der Waals surface area (Å²) in [6.45, 7) is 5.19. The minimum absolute atomic E-state index is 0.0565. The zero-order valence-corrected chi connectivity index (χ0v) is 14.9. The lowest BCUT2D eigenvalue weighted by atomic mass is 10.1. The van der Waals surface area contributed by atoms with Crippen molar-refractivity contribution >= 4 is 17.6 Å². The van der Waals surface area contributed by atoms with E-state index in [0.717, 1.165) is 0 Å². The van der Waals surface area contributed by atoms with Gasteiger partial charge in [0, 0.05) is 6.20 Å². The largest absolute Gasteiger partial charge is 0.506 e. The Kier molecular flexibility index (Phi) is 4.93. The number of hydrogen-bond donors (Lipinski definition) is 2. The molecule has 2 rings (SSSR count). The molecule has 0 saturated heterocycles. The second-order valence-electron chi connectivity index (χ2n) is 6.48. The molecule has 3 N–H and O–H groups in total. The van der Waals surface area contributed by atoms with Crippen LogP contribution in [-0.4, -0.2) is 34.3 Å². The number of benzene rings is 1. The maximum atomic E-state index is 12.1. The van der Waals surface area contributed by atoms with Gasteiger partial charge >= 0.3 is 11.9 Å². The van der Waals surface area contributed by atoms with E-state index in [4.69, 9.17) is 15.7 Å². The van der Waals surface area contributed by atoms with Crippen LogP contribution in [0.2, 0.25) is 0 Å². The van der Waals surface area contributed by atoms with Crippen molar-refractivity contribution in [3.63, 3.8) is 0 Å². The smallest absolute Gasteiger partial charge is 0.357 e. The predicted octanol–water partition coefficient (Wildman–Crippen LogP) is 2.38. The topological polar surface area (TPSA) is 128 Å². The Hall–Kier alpha value is -3.47. The van der Waals surface area contributed by atoms with Gasteiger partial charge < -0.3 is 24.9 Å². The third-order valence-corrected chi connectivity index (χ3v) is 3.41.